The first kappa shape index (κ1) is 20.9. The van der Waals surface area contributed by atoms with Gasteiger partial charge in [-0.05, 0) is 35.7 Å². The van der Waals surface area contributed by atoms with Gasteiger partial charge >= 0.3 is 0 Å². The lowest BCUT2D eigenvalue weighted by Crippen LogP contribution is -2.05. The Balaban J connectivity index is 1.95. The van der Waals surface area contributed by atoms with Gasteiger partial charge in [-0.2, -0.15) is 0 Å². The molecule has 0 spiro atoms. The molecular weight excluding hydrogens is 406 g/mol. The third kappa shape index (κ3) is 3.77. The Kier molecular flexibility index (Phi) is 5.64. The highest BCUT2D eigenvalue weighted by Gasteiger charge is 2.28. The normalized spacial score (nSPS) is 12.1. The monoisotopic (exact) mass is 431 g/mol. The second-order valence-electron chi connectivity index (χ2n) is 8.12. The highest BCUT2D eigenvalue weighted by Crippen LogP contribution is 2.45. The predicted octanol–water partition coefficient (Wildman–Crippen LogP) is 7.21. The Hall–Kier alpha value is -3.95. The highest BCUT2D eigenvalue weighted by molar-refractivity contribution is 5.98. The van der Waals surface area contributed by atoms with Gasteiger partial charge in [0, 0.05) is 30.0 Å². The molecule has 0 radical (unpaired) electrons. The molecule has 0 amide bonds. The van der Waals surface area contributed by atoms with E-state index in [2.05, 4.69) is 65.1 Å². The van der Waals surface area contributed by atoms with Crippen LogP contribution in [0.3, 0.4) is 0 Å². The Bertz CT molecular complexity index is 1400. The lowest BCUT2D eigenvalue weighted by molar-refractivity contribution is 0.101. The van der Waals surface area contributed by atoms with E-state index in [4.69, 9.17) is 4.74 Å². The first-order chi connectivity index (χ1) is 16.2. The Morgan fingerprint density at radius 3 is 1.94 bits per heavy atom. The molecule has 33 heavy (non-hydrogen) atoms. The topological polar surface area (TPSA) is 30.7 Å². The Morgan fingerprint density at radius 2 is 1.36 bits per heavy atom. The number of fused-ring (bicyclic) bond motifs is 1. The molecule has 3 aromatic carbocycles. The van der Waals surface area contributed by atoms with E-state index in [1.165, 1.54) is 0 Å². The lowest BCUT2D eigenvalue weighted by Gasteiger charge is -2.18. The van der Waals surface area contributed by atoms with Crippen LogP contribution in [0.1, 0.15) is 34.5 Å². The molecule has 3 heteroatoms. The molecular formula is C30H25NO2. The zero-order valence-corrected chi connectivity index (χ0v) is 18.7. The molecule has 0 aliphatic rings. The molecule has 0 fully saturated rings. The first-order valence-electron chi connectivity index (χ1n) is 11.1. The number of ketones is 1. The van der Waals surface area contributed by atoms with E-state index in [0.717, 1.165) is 39.0 Å². The predicted molar refractivity (Wildman–Crippen MR) is 134 cm³/mol. The largest absolute Gasteiger partial charge is 0.372 e. The second-order valence-corrected chi connectivity index (χ2v) is 8.12. The summed E-state index contributed by atoms with van der Waals surface area (Å²) in [6.07, 6.45) is 1.71. The molecule has 0 bridgehead atoms. The zero-order chi connectivity index (χ0) is 22.8. The van der Waals surface area contributed by atoms with Crippen LogP contribution < -0.4 is 0 Å². The number of hydrogen-bond donors (Lipinski definition) is 0. The van der Waals surface area contributed by atoms with E-state index in [1.807, 2.05) is 48.7 Å². The Morgan fingerprint density at radius 1 is 0.788 bits per heavy atom. The number of methoxy groups -OCH3 is 1. The summed E-state index contributed by atoms with van der Waals surface area (Å²) in [5.41, 5.74) is 8.18. The van der Waals surface area contributed by atoms with Crippen molar-refractivity contribution in [2.45, 2.75) is 13.0 Å². The van der Waals surface area contributed by atoms with Gasteiger partial charge in [-0.15, -0.1) is 0 Å². The number of aromatic nitrogens is 1. The number of ether oxygens (including phenoxy) is 1. The van der Waals surface area contributed by atoms with E-state index < -0.39 is 0 Å². The SMILES string of the molecule is COC(c1ccccc1)c1c(-c2ccccc2)c(-c2ccccc2)n2ccc(C(C)=O)cc12. The summed E-state index contributed by atoms with van der Waals surface area (Å²) in [6, 6.07) is 34.9. The third-order valence-corrected chi connectivity index (χ3v) is 6.09. The fourth-order valence-corrected chi connectivity index (χ4v) is 4.59. The summed E-state index contributed by atoms with van der Waals surface area (Å²) >= 11 is 0. The van der Waals surface area contributed by atoms with Crippen LogP contribution in [0.5, 0.6) is 0 Å². The van der Waals surface area contributed by atoms with Crippen LogP contribution in [0.15, 0.2) is 109 Å². The first-order valence-corrected chi connectivity index (χ1v) is 11.1. The van der Waals surface area contributed by atoms with E-state index >= 15 is 0 Å². The van der Waals surface area contributed by atoms with E-state index in [1.54, 1.807) is 14.0 Å². The standard InChI is InChI=1S/C30H25NO2/c1-21(32)25-18-19-31-26(20-25)28(30(33-2)24-16-10-5-11-17-24)27(22-12-6-3-7-13-22)29(31)23-14-8-4-9-15-23/h3-20,30H,1-2H3. The van der Waals surface area contributed by atoms with E-state index in [9.17, 15) is 4.79 Å². The minimum Gasteiger partial charge on any atom is -0.372 e. The van der Waals surface area contributed by atoms with Crippen LogP contribution in [-0.4, -0.2) is 17.3 Å². The summed E-state index contributed by atoms with van der Waals surface area (Å²) in [4.78, 5) is 12.3. The molecule has 2 aromatic heterocycles. The van der Waals surface area contributed by atoms with Crippen LogP contribution in [0.25, 0.3) is 27.9 Å². The van der Waals surface area contributed by atoms with Crippen molar-refractivity contribution >= 4 is 11.3 Å². The molecule has 0 saturated carbocycles. The number of benzene rings is 3. The fraction of sp³-hybridized carbons (Fsp3) is 0.100. The maximum absolute atomic E-state index is 12.3. The van der Waals surface area contributed by atoms with Gasteiger partial charge in [-0.1, -0.05) is 91.0 Å². The van der Waals surface area contributed by atoms with Crippen LogP contribution in [-0.2, 0) is 4.74 Å². The third-order valence-electron chi connectivity index (χ3n) is 6.09. The van der Waals surface area contributed by atoms with Crippen molar-refractivity contribution in [3.63, 3.8) is 0 Å². The van der Waals surface area contributed by atoms with Crippen LogP contribution in [0.2, 0.25) is 0 Å². The minimum atomic E-state index is -0.295. The molecule has 0 N–H and O–H groups in total. The van der Waals surface area contributed by atoms with Crippen molar-refractivity contribution in [1.82, 2.24) is 4.40 Å². The van der Waals surface area contributed by atoms with Crippen LogP contribution in [0, 0.1) is 0 Å². The number of rotatable bonds is 6. The van der Waals surface area contributed by atoms with Gasteiger partial charge in [-0.3, -0.25) is 4.79 Å². The molecule has 0 aliphatic heterocycles. The van der Waals surface area contributed by atoms with Gasteiger partial charge in [0.05, 0.1) is 11.2 Å². The quantitative estimate of drug-likeness (QED) is 0.266. The summed E-state index contributed by atoms with van der Waals surface area (Å²) < 4.78 is 8.33. The number of carbonyl (C=O) groups is 1. The summed E-state index contributed by atoms with van der Waals surface area (Å²) in [5.74, 6) is 0.0425. The van der Waals surface area contributed by atoms with Gasteiger partial charge in [-0.25, -0.2) is 0 Å². The van der Waals surface area contributed by atoms with Gasteiger partial charge < -0.3 is 9.14 Å². The van der Waals surface area contributed by atoms with E-state index in [0.29, 0.717) is 5.56 Å². The molecule has 5 aromatic rings. The van der Waals surface area contributed by atoms with Gasteiger partial charge in [0.1, 0.15) is 6.10 Å². The molecule has 0 aliphatic carbocycles. The minimum absolute atomic E-state index is 0.0425. The van der Waals surface area contributed by atoms with Crippen molar-refractivity contribution in [2.75, 3.05) is 7.11 Å². The number of pyridine rings is 1. The smallest absolute Gasteiger partial charge is 0.159 e. The number of Topliss-reactive ketones (excluding diaryl/α,β-unsaturated/α-hetero) is 1. The maximum Gasteiger partial charge on any atom is 0.159 e. The van der Waals surface area contributed by atoms with Crippen molar-refractivity contribution in [3.05, 3.63) is 126 Å². The molecule has 1 atom stereocenters. The van der Waals surface area contributed by atoms with Gasteiger partial charge in [0.15, 0.2) is 5.78 Å². The van der Waals surface area contributed by atoms with Gasteiger partial charge in [0.2, 0.25) is 0 Å². The van der Waals surface area contributed by atoms with Crippen LogP contribution in [0.4, 0.5) is 0 Å². The summed E-state index contributed by atoms with van der Waals surface area (Å²) in [5, 5.41) is 0. The van der Waals surface area contributed by atoms with Crippen molar-refractivity contribution in [2.24, 2.45) is 0 Å². The van der Waals surface area contributed by atoms with E-state index in [-0.39, 0.29) is 11.9 Å². The lowest BCUT2D eigenvalue weighted by atomic mass is 9.91. The zero-order valence-electron chi connectivity index (χ0n) is 18.7. The molecule has 1 unspecified atom stereocenters. The highest BCUT2D eigenvalue weighted by atomic mass is 16.5. The number of hydrogen-bond acceptors (Lipinski definition) is 2. The average molecular weight is 432 g/mol. The molecule has 0 saturated heterocycles. The Labute approximate surface area is 193 Å². The molecule has 5 rings (SSSR count). The van der Waals surface area contributed by atoms with Crippen molar-refractivity contribution in [1.29, 1.82) is 0 Å². The maximum atomic E-state index is 12.3. The van der Waals surface area contributed by atoms with Gasteiger partial charge in [0.25, 0.3) is 0 Å². The second kappa shape index (κ2) is 8.89. The summed E-state index contributed by atoms with van der Waals surface area (Å²) in [7, 11) is 1.74. The van der Waals surface area contributed by atoms with Crippen molar-refractivity contribution < 1.29 is 9.53 Å². The van der Waals surface area contributed by atoms with Crippen LogP contribution >= 0.6 is 0 Å². The summed E-state index contributed by atoms with van der Waals surface area (Å²) in [6.45, 7) is 1.61. The number of carbonyl (C=O) groups excluding carboxylic acids is 1. The molecule has 2 heterocycles. The fourth-order valence-electron chi connectivity index (χ4n) is 4.59. The molecule has 162 valence electrons. The average Bonchev–Trinajstić information content (AvgIpc) is 3.20. The molecule has 3 nitrogen and oxygen atoms in total. The number of nitrogens with zero attached hydrogens (tertiary/aromatic N) is 1. The van der Waals surface area contributed by atoms with Crippen molar-refractivity contribution in [3.8, 4) is 22.4 Å².